The summed E-state index contributed by atoms with van der Waals surface area (Å²) in [6.07, 6.45) is 1.23. The van der Waals surface area contributed by atoms with Gasteiger partial charge in [0.15, 0.2) is 0 Å². The van der Waals surface area contributed by atoms with Gasteiger partial charge in [-0.2, -0.15) is 0 Å². The van der Waals surface area contributed by atoms with Crippen LogP contribution < -0.4 is 5.73 Å². The molecule has 0 bridgehead atoms. The van der Waals surface area contributed by atoms with Crippen LogP contribution in [0.3, 0.4) is 0 Å². The van der Waals surface area contributed by atoms with Crippen molar-refractivity contribution in [1.29, 1.82) is 0 Å². The van der Waals surface area contributed by atoms with Gasteiger partial charge in [-0.25, -0.2) is 0 Å². The van der Waals surface area contributed by atoms with E-state index in [1.165, 1.54) is 0 Å². The second kappa shape index (κ2) is 6.57. The summed E-state index contributed by atoms with van der Waals surface area (Å²) in [5.41, 5.74) is 5.09. The fraction of sp³-hybridized carbons (Fsp3) is 0.500. The molecule has 0 fully saturated rings. The van der Waals surface area contributed by atoms with Crippen molar-refractivity contribution in [1.82, 2.24) is 0 Å². The van der Waals surface area contributed by atoms with E-state index in [1.54, 1.807) is 25.3 Å². The molecule has 0 heterocycles. The standard InChI is InChI=1S/C12H17Cl2NO2/c1-17-8-12(16,5-2-6-15)9-3-4-10(13)11(14)7-9/h3-4,7,16H,2,5-6,8,15H2,1H3. The Morgan fingerprint density at radius 3 is 2.59 bits per heavy atom. The Kier molecular flexibility index (Phi) is 5.70. The van der Waals surface area contributed by atoms with Gasteiger partial charge in [0.05, 0.1) is 16.7 Å². The summed E-state index contributed by atoms with van der Waals surface area (Å²) in [4.78, 5) is 0. The lowest BCUT2D eigenvalue weighted by atomic mass is 9.90. The number of benzene rings is 1. The minimum Gasteiger partial charge on any atom is -0.383 e. The zero-order chi connectivity index (χ0) is 12.9. The molecule has 0 aliphatic rings. The van der Waals surface area contributed by atoms with E-state index in [4.69, 9.17) is 33.7 Å². The van der Waals surface area contributed by atoms with Crippen LogP contribution in [0.15, 0.2) is 18.2 Å². The third-order valence-corrected chi connectivity index (χ3v) is 3.37. The molecule has 0 aromatic heterocycles. The molecule has 1 atom stereocenters. The van der Waals surface area contributed by atoms with Crippen LogP contribution in [0.5, 0.6) is 0 Å². The molecule has 0 saturated carbocycles. The molecular formula is C12H17Cl2NO2. The van der Waals surface area contributed by atoms with Crippen LogP contribution in [0.4, 0.5) is 0 Å². The fourth-order valence-corrected chi connectivity index (χ4v) is 2.02. The first-order chi connectivity index (χ1) is 8.03. The molecule has 3 nitrogen and oxygen atoms in total. The topological polar surface area (TPSA) is 55.5 Å². The van der Waals surface area contributed by atoms with Crippen LogP contribution in [0, 0.1) is 0 Å². The summed E-state index contributed by atoms with van der Waals surface area (Å²) >= 11 is 11.8. The highest BCUT2D eigenvalue weighted by Crippen LogP contribution is 2.31. The van der Waals surface area contributed by atoms with Gasteiger partial charge in [0.1, 0.15) is 5.60 Å². The van der Waals surface area contributed by atoms with Crippen molar-refractivity contribution < 1.29 is 9.84 Å². The SMILES string of the molecule is COCC(O)(CCCN)c1ccc(Cl)c(Cl)c1. The second-order valence-corrected chi connectivity index (χ2v) is 4.80. The van der Waals surface area contributed by atoms with E-state index in [1.807, 2.05) is 0 Å². The maximum absolute atomic E-state index is 10.5. The fourth-order valence-electron chi connectivity index (χ4n) is 1.72. The monoisotopic (exact) mass is 277 g/mol. The van der Waals surface area contributed by atoms with Gasteiger partial charge in [0.2, 0.25) is 0 Å². The van der Waals surface area contributed by atoms with Gasteiger partial charge >= 0.3 is 0 Å². The molecule has 3 N–H and O–H groups in total. The maximum Gasteiger partial charge on any atom is 0.113 e. The molecule has 1 unspecified atom stereocenters. The van der Waals surface area contributed by atoms with Crippen LogP contribution in [-0.2, 0) is 10.3 Å². The van der Waals surface area contributed by atoms with E-state index < -0.39 is 5.60 Å². The normalized spacial score (nSPS) is 14.6. The number of aliphatic hydroxyl groups is 1. The Morgan fingerprint density at radius 1 is 1.35 bits per heavy atom. The second-order valence-electron chi connectivity index (χ2n) is 3.99. The minimum absolute atomic E-state index is 0.199. The number of ether oxygens (including phenoxy) is 1. The van der Waals surface area contributed by atoms with Crippen molar-refractivity contribution in [2.24, 2.45) is 5.73 Å². The number of nitrogens with two attached hydrogens (primary N) is 1. The van der Waals surface area contributed by atoms with Gasteiger partial charge < -0.3 is 15.6 Å². The van der Waals surface area contributed by atoms with E-state index in [-0.39, 0.29) is 6.61 Å². The molecular weight excluding hydrogens is 261 g/mol. The first kappa shape index (κ1) is 14.7. The molecule has 1 aromatic rings. The van der Waals surface area contributed by atoms with Gasteiger partial charge in [-0.05, 0) is 37.1 Å². The third kappa shape index (κ3) is 3.83. The van der Waals surface area contributed by atoms with Crippen molar-refractivity contribution in [3.05, 3.63) is 33.8 Å². The van der Waals surface area contributed by atoms with Gasteiger partial charge in [-0.3, -0.25) is 0 Å². The molecule has 1 aromatic carbocycles. The van der Waals surface area contributed by atoms with E-state index in [0.717, 1.165) is 0 Å². The van der Waals surface area contributed by atoms with Crippen LogP contribution in [0.25, 0.3) is 0 Å². The van der Waals surface area contributed by atoms with Gasteiger partial charge in [0, 0.05) is 7.11 Å². The van der Waals surface area contributed by atoms with E-state index >= 15 is 0 Å². The van der Waals surface area contributed by atoms with Crippen molar-refractivity contribution in [2.75, 3.05) is 20.3 Å². The smallest absolute Gasteiger partial charge is 0.113 e. The number of hydrogen-bond acceptors (Lipinski definition) is 3. The predicted molar refractivity (Wildman–Crippen MR) is 70.5 cm³/mol. The first-order valence-corrected chi connectivity index (χ1v) is 6.16. The summed E-state index contributed by atoms with van der Waals surface area (Å²) < 4.78 is 5.06. The summed E-state index contributed by atoms with van der Waals surface area (Å²) in [5.74, 6) is 0. The predicted octanol–water partition coefficient (Wildman–Crippen LogP) is 2.57. The number of methoxy groups -OCH3 is 1. The van der Waals surface area contributed by atoms with Gasteiger partial charge in [-0.15, -0.1) is 0 Å². The van der Waals surface area contributed by atoms with Crippen LogP contribution in [0.2, 0.25) is 10.0 Å². The van der Waals surface area contributed by atoms with Crippen molar-refractivity contribution in [2.45, 2.75) is 18.4 Å². The van der Waals surface area contributed by atoms with E-state index in [9.17, 15) is 5.11 Å². The Hall–Kier alpha value is -0.320. The lowest BCUT2D eigenvalue weighted by Gasteiger charge is -2.28. The maximum atomic E-state index is 10.5. The van der Waals surface area contributed by atoms with Crippen molar-refractivity contribution >= 4 is 23.2 Å². The molecule has 0 aliphatic heterocycles. The molecule has 0 radical (unpaired) electrons. The summed E-state index contributed by atoms with van der Waals surface area (Å²) in [6.45, 7) is 0.721. The van der Waals surface area contributed by atoms with Gasteiger partial charge in [-0.1, -0.05) is 29.3 Å². The molecule has 0 aliphatic carbocycles. The Labute approximate surface area is 111 Å². The van der Waals surface area contributed by atoms with E-state index in [0.29, 0.717) is 35.0 Å². The average molecular weight is 278 g/mol. The first-order valence-electron chi connectivity index (χ1n) is 5.40. The Morgan fingerprint density at radius 2 is 2.06 bits per heavy atom. The zero-order valence-corrected chi connectivity index (χ0v) is 11.3. The highest BCUT2D eigenvalue weighted by molar-refractivity contribution is 6.42. The number of rotatable bonds is 6. The molecule has 96 valence electrons. The highest BCUT2D eigenvalue weighted by Gasteiger charge is 2.29. The van der Waals surface area contributed by atoms with Crippen LogP contribution in [-0.4, -0.2) is 25.4 Å². The molecule has 0 spiro atoms. The number of hydrogen-bond donors (Lipinski definition) is 2. The summed E-state index contributed by atoms with van der Waals surface area (Å²) in [6, 6.07) is 5.09. The quantitative estimate of drug-likeness (QED) is 0.840. The molecule has 5 heteroatoms. The molecule has 1 rings (SSSR count). The third-order valence-electron chi connectivity index (χ3n) is 2.63. The number of halogens is 2. The lowest BCUT2D eigenvalue weighted by Crippen LogP contribution is -2.32. The average Bonchev–Trinajstić information content (AvgIpc) is 2.30. The molecule has 0 saturated heterocycles. The van der Waals surface area contributed by atoms with Crippen LogP contribution in [0.1, 0.15) is 18.4 Å². The van der Waals surface area contributed by atoms with Crippen molar-refractivity contribution in [3.8, 4) is 0 Å². The highest BCUT2D eigenvalue weighted by atomic mass is 35.5. The Bertz CT molecular complexity index is 374. The van der Waals surface area contributed by atoms with Crippen molar-refractivity contribution in [3.63, 3.8) is 0 Å². The van der Waals surface area contributed by atoms with E-state index in [2.05, 4.69) is 0 Å². The van der Waals surface area contributed by atoms with Crippen LogP contribution >= 0.6 is 23.2 Å². The molecule has 17 heavy (non-hydrogen) atoms. The minimum atomic E-state index is -1.07. The zero-order valence-electron chi connectivity index (χ0n) is 9.75. The van der Waals surface area contributed by atoms with Gasteiger partial charge in [0.25, 0.3) is 0 Å². The molecule has 0 amide bonds. The largest absolute Gasteiger partial charge is 0.383 e. The Balaban J connectivity index is 2.99. The lowest BCUT2D eigenvalue weighted by molar-refractivity contribution is -0.0429. The summed E-state index contributed by atoms with van der Waals surface area (Å²) in [7, 11) is 1.55. The summed E-state index contributed by atoms with van der Waals surface area (Å²) in [5, 5.41) is 11.4.